The fourth-order valence-corrected chi connectivity index (χ4v) is 16.0. The molecule has 0 saturated carbocycles. The van der Waals surface area contributed by atoms with Crippen molar-refractivity contribution in [3.8, 4) is 39.6 Å². The van der Waals surface area contributed by atoms with Crippen molar-refractivity contribution in [2.24, 2.45) is 11.8 Å². The van der Waals surface area contributed by atoms with Crippen LogP contribution in [0, 0.1) is 11.8 Å². The van der Waals surface area contributed by atoms with E-state index in [1.807, 2.05) is 0 Å². The van der Waals surface area contributed by atoms with Crippen molar-refractivity contribution < 1.29 is 4.42 Å². The highest BCUT2D eigenvalue weighted by molar-refractivity contribution is 6.35. The van der Waals surface area contributed by atoms with Gasteiger partial charge in [0.25, 0.3) is 0 Å². The summed E-state index contributed by atoms with van der Waals surface area (Å²) in [6.07, 6.45) is 17.3. The van der Waals surface area contributed by atoms with Crippen molar-refractivity contribution in [1.29, 1.82) is 0 Å². The van der Waals surface area contributed by atoms with Crippen LogP contribution in [0.1, 0.15) is 6.42 Å². The molecule has 20 rings (SSSR count). The first-order valence-electron chi connectivity index (χ1n) is 31.9. The normalized spacial score (nSPS) is 15.5. The lowest BCUT2D eigenvalue weighted by Crippen LogP contribution is -2.28. The highest BCUT2D eigenvalue weighted by Gasteiger charge is 2.35. The fraction of sp³-hybridized carbons (Fsp3) is 0.0345. The van der Waals surface area contributed by atoms with Gasteiger partial charge in [0.1, 0.15) is 11.1 Å². The van der Waals surface area contributed by atoms with Crippen LogP contribution in [0.2, 0.25) is 0 Å². The number of aromatic nitrogens is 3. The standard InChI is InChI=1S/C87H54N4O/c1-3-17-54(18-4-1)78-51-79(55-19-5-2-6-20-55)89-87(88-78)91-84-72(43-42-71-67-28-10-9-26-65(67)66-27-11-12-29-70(66)83(71)84)73-44-45-74-77-49-59(36-47-81(77)92-86(74)85(73)91)63-30-15-24-58-48-60(38-41-64(58)63)90(80-46-35-57-22-13-21-56-23-14-31-75(80)82(56)57)61-37-32-53-34-39-68-62-25-8-7-16-52(62)33-40-69(68)76(53)50-61/h1-30,32-51,57,82H,31H2. The van der Waals surface area contributed by atoms with Crippen LogP contribution in [-0.2, 0) is 0 Å². The molecule has 0 bridgehead atoms. The molecule has 0 aliphatic heterocycles. The molecule has 3 aliphatic rings. The Balaban J connectivity index is 0.787. The van der Waals surface area contributed by atoms with Gasteiger partial charge >= 0.3 is 0 Å². The van der Waals surface area contributed by atoms with E-state index >= 15 is 0 Å². The monoisotopic (exact) mass is 1170 g/mol. The predicted molar refractivity (Wildman–Crippen MR) is 385 cm³/mol. The Morgan fingerprint density at radius 3 is 1.77 bits per heavy atom. The van der Waals surface area contributed by atoms with Gasteiger partial charge in [-0.2, -0.15) is 0 Å². The molecule has 2 unspecified atom stereocenters. The van der Waals surface area contributed by atoms with Crippen LogP contribution < -0.4 is 4.90 Å². The molecule has 3 aromatic heterocycles. The number of nitrogens with zero attached hydrogens (tertiary/aromatic N) is 4. The molecule has 0 radical (unpaired) electrons. The second kappa shape index (κ2) is 19.8. The molecule has 2 atom stereocenters. The third-order valence-corrected chi connectivity index (χ3v) is 20.1. The lowest BCUT2D eigenvalue weighted by Gasteiger charge is -2.39. The highest BCUT2D eigenvalue weighted by atomic mass is 16.3. The van der Waals surface area contributed by atoms with E-state index in [0.29, 0.717) is 17.8 Å². The third kappa shape index (κ3) is 7.60. The number of rotatable bonds is 7. The number of hydrogen-bond acceptors (Lipinski definition) is 4. The maximum Gasteiger partial charge on any atom is 0.235 e. The van der Waals surface area contributed by atoms with Crippen molar-refractivity contribution in [1.82, 2.24) is 14.5 Å². The maximum atomic E-state index is 7.30. The number of benzene rings is 14. The molecule has 3 heterocycles. The summed E-state index contributed by atoms with van der Waals surface area (Å²) in [5.74, 6) is 1.20. The zero-order chi connectivity index (χ0) is 60.1. The second-order valence-corrected chi connectivity index (χ2v) is 25.0. The molecular formula is C87H54N4O. The average Bonchev–Trinajstić information content (AvgIpc) is 1.51. The van der Waals surface area contributed by atoms with Crippen LogP contribution in [0.15, 0.2) is 325 Å². The third-order valence-electron chi connectivity index (χ3n) is 20.1. The first kappa shape index (κ1) is 51.0. The molecule has 92 heavy (non-hydrogen) atoms. The second-order valence-electron chi connectivity index (χ2n) is 25.0. The molecule has 3 aliphatic carbocycles. The molecule has 0 N–H and O–H groups in total. The number of fused-ring (bicyclic) bond motifs is 20. The fourth-order valence-electron chi connectivity index (χ4n) is 16.0. The number of allylic oxidation sites excluding steroid dienone is 9. The van der Waals surface area contributed by atoms with Gasteiger partial charge in [0.2, 0.25) is 5.95 Å². The first-order valence-corrected chi connectivity index (χ1v) is 31.9. The molecule has 17 aromatic rings. The zero-order valence-electron chi connectivity index (χ0n) is 49.9. The molecule has 0 amide bonds. The Kier molecular flexibility index (Phi) is 11.0. The summed E-state index contributed by atoms with van der Waals surface area (Å²) >= 11 is 0. The van der Waals surface area contributed by atoms with Crippen molar-refractivity contribution in [3.05, 3.63) is 320 Å². The lowest BCUT2D eigenvalue weighted by molar-refractivity contribution is 0.573. The quantitative estimate of drug-likeness (QED) is 0.149. The summed E-state index contributed by atoms with van der Waals surface area (Å²) < 4.78 is 9.62. The SMILES string of the molecule is C1=CC2C=CC(N(c3ccc4c(-c5ccc6oc7c(ccc8c9ccc%10c%11ccccc%11c%11ccccc%11c%10c9n(-c9nc(-c%10ccccc%10)cc(-c%10ccccc%10)n9)c87)c6c5)cccc4c3)c3ccc4ccc5c6ccccc6ccc5c4c3)=C3CC=CC(=C1)C32. The van der Waals surface area contributed by atoms with E-state index in [-0.39, 0.29) is 0 Å². The summed E-state index contributed by atoms with van der Waals surface area (Å²) in [5, 5.41) is 21.2. The minimum atomic E-state index is 0.299. The van der Waals surface area contributed by atoms with Crippen LogP contribution in [0.5, 0.6) is 0 Å². The minimum absolute atomic E-state index is 0.299. The van der Waals surface area contributed by atoms with Gasteiger partial charge in [-0.05, 0) is 153 Å². The Hall–Kier alpha value is -11.9. The van der Waals surface area contributed by atoms with Crippen molar-refractivity contribution in [2.45, 2.75) is 6.42 Å². The summed E-state index contributed by atoms with van der Waals surface area (Å²) in [4.78, 5) is 13.7. The van der Waals surface area contributed by atoms with Gasteiger partial charge in [-0.15, -0.1) is 0 Å². The maximum absolute atomic E-state index is 7.30. The van der Waals surface area contributed by atoms with Crippen LogP contribution in [-0.4, -0.2) is 14.5 Å². The predicted octanol–water partition coefficient (Wildman–Crippen LogP) is 23.2. The van der Waals surface area contributed by atoms with Crippen LogP contribution in [0.3, 0.4) is 0 Å². The molecular weight excluding hydrogens is 1120 g/mol. The molecule has 428 valence electrons. The molecule has 5 heteroatoms. The van der Waals surface area contributed by atoms with Gasteiger partial charge in [-0.25, -0.2) is 9.97 Å². The average molecular weight is 1170 g/mol. The number of anilines is 2. The Morgan fingerprint density at radius 1 is 0.402 bits per heavy atom. The van der Waals surface area contributed by atoms with E-state index < -0.39 is 0 Å². The summed E-state index contributed by atoms with van der Waals surface area (Å²) in [6.45, 7) is 0. The topological polar surface area (TPSA) is 47.1 Å². The summed E-state index contributed by atoms with van der Waals surface area (Å²) in [7, 11) is 0. The van der Waals surface area contributed by atoms with Gasteiger partial charge in [0.05, 0.1) is 16.9 Å². The van der Waals surface area contributed by atoms with Gasteiger partial charge in [-0.1, -0.05) is 249 Å². The highest BCUT2D eigenvalue weighted by Crippen LogP contribution is 2.50. The Labute approximate surface area is 529 Å². The van der Waals surface area contributed by atoms with Gasteiger partial charge in [-0.3, -0.25) is 4.57 Å². The zero-order valence-corrected chi connectivity index (χ0v) is 49.9. The van der Waals surface area contributed by atoms with E-state index in [4.69, 9.17) is 14.4 Å². The van der Waals surface area contributed by atoms with Crippen LogP contribution in [0.25, 0.3) is 159 Å². The van der Waals surface area contributed by atoms with Crippen LogP contribution >= 0.6 is 0 Å². The molecule has 0 fully saturated rings. The van der Waals surface area contributed by atoms with E-state index in [1.54, 1.807) is 0 Å². The first-order chi connectivity index (χ1) is 45.6. The van der Waals surface area contributed by atoms with Crippen molar-refractivity contribution >= 4 is 131 Å². The van der Waals surface area contributed by atoms with E-state index in [2.05, 4.69) is 313 Å². The Bertz CT molecular complexity index is 6140. The smallest absolute Gasteiger partial charge is 0.235 e. The molecule has 0 spiro atoms. The lowest BCUT2D eigenvalue weighted by atomic mass is 9.70. The van der Waals surface area contributed by atoms with E-state index in [0.717, 1.165) is 101 Å². The van der Waals surface area contributed by atoms with Crippen LogP contribution in [0.4, 0.5) is 11.4 Å². The summed E-state index contributed by atoms with van der Waals surface area (Å²) in [6, 6.07) is 95.4. The number of furan rings is 1. The molecule has 5 nitrogen and oxygen atoms in total. The molecule has 14 aromatic carbocycles. The van der Waals surface area contributed by atoms with E-state index in [9.17, 15) is 0 Å². The van der Waals surface area contributed by atoms with Crippen molar-refractivity contribution in [3.63, 3.8) is 0 Å². The van der Waals surface area contributed by atoms with Gasteiger partial charge in [0, 0.05) is 67.0 Å². The minimum Gasteiger partial charge on any atom is -0.454 e. The summed E-state index contributed by atoms with van der Waals surface area (Å²) in [5.41, 5.74) is 15.9. The van der Waals surface area contributed by atoms with Gasteiger partial charge in [0.15, 0.2) is 5.58 Å². The number of hydrogen-bond donors (Lipinski definition) is 0. The Morgan fingerprint density at radius 2 is 0.989 bits per heavy atom. The van der Waals surface area contributed by atoms with E-state index in [1.165, 1.54) is 86.9 Å². The van der Waals surface area contributed by atoms with Crippen molar-refractivity contribution in [2.75, 3.05) is 4.90 Å². The van der Waals surface area contributed by atoms with Gasteiger partial charge < -0.3 is 9.32 Å². The molecule has 0 saturated heterocycles. The largest absolute Gasteiger partial charge is 0.454 e.